The smallest absolute Gasteiger partial charge is 0.227 e. The van der Waals surface area contributed by atoms with Gasteiger partial charge in [0.1, 0.15) is 18.1 Å². The molecule has 2 aromatic carbocycles. The fraction of sp³-hybridized carbons (Fsp3) is 0.385. The molecule has 1 N–H and O–H groups in total. The average molecular weight is 465 g/mol. The lowest BCUT2D eigenvalue weighted by atomic mass is 9.90. The quantitative estimate of drug-likeness (QED) is 0.503. The fourth-order valence-electron chi connectivity index (χ4n) is 4.67. The van der Waals surface area contributed by atoms with Crippen molar-refractivity contribution >= 4 is 23.2 Å². The van der Waals surface area contributed by atoms with Crippen LogP contribution in [0.25, 0.3) is 11.3 Å². The van der Waals surface area contributed by atoms with E-state index in [4.69, 9.17) is 26.1 Å². The third-order valence-corrected chi connectivity index (χ3v) is 6.72. The number of rotatable bonds is 7. The molecular formula is C26H29ClN4O2. The van der Waals surface area contributed by atoms with Crippen LogP contribution in [0.3, 0.4) is 0 Å². The second-order valence-electron chi connectivity index (χ2n) is 8.72. The van der Waals surface area contributed by atoms with E-state index >= 15 is 0 Å². The zero-order valence-corrected chi connectivity index (χ0v) is 19.9. The number of anilines is 2. The molecule has 0 saturated carbocycles. The van der Waals surface area contributed by atoms with Crippen LogP contribution in [0.1, 0.15) is 29.5 Å². The van der Waals surface area contributed by atoms with Crippen molar-refractivity contribution in [2.24, 2.45) is 0 Å². The molecule has 0 atom stereocenters. The standard InChI is InChI=1S/C26H29ClN4O2/c1-17-13-20(14-23(27)25(17)33-12-11-31-9-3-4-10-31)29-26-28-16-19-6-5-18-7-8-21(32-2)15-22(18)24(19)30-26/h7-8,13-16H,3-6,9-12H2,1-2H3,(H,28,29,30). The number of hydrogen-bond acceptors (Lipinski definition) is 6. The number of methoxy groups -OCH3 is 1. The molecule has 2 heterocycles. The van der Waals surface area contributed by atoms with Crippen LogP contribution >= 0.6 is 11.6 Å². The molecule has 5 rings (SSSR count). The summed E-state index contributed by atoms with van der Waals surface area (Å²) in [5.74, 6) is 2.12. The van der Waals surface area contributed by atoms with Crippen molar-refractivity contribution < 1.29 is 9.47 Å². The van der Waals surface area contributed by atoms with E-state index in [2.05, 4.69) is 27.3 Å². The highest BCUT2D eigenvalue weighted by Crippen LogP contribution is 2.36. The van der Waals surface area contributed by atoms with E-state index in [0.29, 0.717) is 17.6 Å². The first-order valence-electron chi connectivity index (χ1n) is 11.6. The van der Waals surface area contributed by atoms with Crippen LogP contribution in [0.4, 0.5) is 11.6 Å². The summed E-state index contributed by atoms with van der Waals surface area (Å²) in [6, 6.07) is 10.1. The number of nitrogens with one attached hydrogen (secondary N) is 1. The molecule has 172 valence electrons. The summed E-state index contributed by atoms with van der Waals surface area (Å²) < 4.78 is 11.5. The summed E-state index contributed by atoms with van der Waals surface area (Å²) in [4.78, 5) is 11.8. The van der Waals surface area contributed by atoms with Gasteiger partial charge in [-0.25, -0.2) is 9.97 Å². The molecule has 0 unspecified atom stereocenters. The highest BCUT2D eigenvalue weighted by Gasteiger charge is 2.20. The van der Waals surface area contributed by atoms with Crippen molar-refractivity contribution in [1.82, 2.24) is 14.9 Å². The molecule has 1 aliphatic carbocycles. The molecule has 1 saturated heterocycles. The Morgan fingerprint density at radius 3 is 2.70 bits per heavy atom. The molecule has 1 aliphatic heterocycles. The Kier molecular flexibility index (Phi) is 6.38. The van der Waals surface area contributed by atoms with E-state index in [1.54, 1.807) is 7.11 Å². The van der Waals surface area contributed by atoms with Gasteiger partial charge in [-0.15, -0.1) is 0 Å². The van der Waals surface area contributed by atoms with Gasteiger partial charge in [0.25, 0.3) is 0 Å². The van der Waals surface area contributed by atoms with Crippen LogP contribution in [0.15, 0.2) is 36.5 Å². The molecule has 3 aromatic rings. The topological polar surface area (TPSA) is 59.5 Å². The largest absolute Gasteiger partial charge is 0.497 e. The highest BCUT2D eigenvalue weighted by molar-refractivity contribution is 6.32. The third-order valence-electron chi connectivity index (χ3n) is 6.44. The van der Waals surface area contributed by atoms with Crippen LogP contribution in [0.5, 0.6) is 11.5 Å². The maximum Gasteiger partial charge on any atom is 0.227 e. The number of nitrogens with zero attached hydrogens (tertiary/aromatic N) is 3. The first kappa shape index (κ1) is 22.0. The molecule has 6 nitrogen and oxygen atoms in total. The number of benzene rings is 2. The molecule has 33 heavy (non-hydrogen) atoms. The van der Waals surface area contributed by atoms with E-state index in [1.165, 1.54) is 18.4 Å². The van der Waals surface area contributed by atoms with Crippen molar-refractivity contribution in [1.29, 1.82) is 0 Å². The van der Waals surface area contributed by atoms with Gasteiger partial charge in [-0.05, 0) is 86.7 Å². The first-order valence-corrected chi connectivity index (χ1v) is 11.9. The van der Waals surface area contributed by atoms with Gasteiger partial charge in [-0.3, -0.25) is 4.90 Å². The van der Waals surface area contributed by atoms with Gasteiger partial charge in [0.2, 0.25) is 5.95 Å². The predicted octanol–water partition coefficient (Wildman–Crippen LogP) is 5.43. The third kappa shape index (κ3) is 4.77. The summed E-state index contributed by atoms with van der Waals surface area (Å²) in [5.41, 5.74) is 6.32. The lowest BCUT2D eigenvalue weighted by Crippen LogP contribution is -2.25. The van der Waals surface area contributed by atoms with Gasteiger partial charge >= 0.3 is 0 Å². The van der Waals surface area contributed by atoms with Gasteiger partial charge in [-0.1, -0.05) is 17.7 Å². The van der Waals surface area contributed by atoms with Crippen molar-refractivity contribution in [3.05, 3.63) is 58.2 Å². The number of likely N-dealkylation sites (tertiary alicyclic amines) is 1. The lowest BCUT2D eigenvalue weighted by Gasteiger charge is -2.20. The maximum atomic E-state index is 6.58. The van der Waals surface area contributed by atoms with Crippen molar-refractivity contribution in [3.63, 3.8) is 0 Å². The monoisotopic (exact) mass is 464 g/mol. The van der Waals surface area contributed by atoms with Crippen LogP contribution in [-0.4, -0.2) is 48.2 Å². The van der Waals surface area contributed by atoms with Crippen molar-refractivity contribution in [2.75, 3.05) is 38.7 Å². The molecule has 0 spiro atoms. The second kappa shape index (κ2) is 9.57. The summed E-state index contributed by atoms with van der Waals surface area (Å²) in [7, 11) is 1.68. The fourth-order valence-corrected chi connectivity index (χ4v) is 4.99. The van der Waals surface area contributed by atoms with Crippen LogP contribution in [-0.2, 0) is 12.8 Å². The minimum atomic E-state index is 0.544. The number of aromatic nitrogens is 2. The number of fused-ring (bicyclic) bond motifs is 3. The minimum absolute atomic E-state index is 0.544. The van der Waals surface area contributed by atoms with E-state index in [0.717, 1.165) is 72.0 Å². The van der Waals surface area contributed by atoms with Crippen molar-refractivity contribution in [3.8, 4) is 22.8 Å². The maximum absolute atomic E-state index is 6.58. The number of halogens is 1. The van der Waals surface area contributed by atoms with Gasteiger partial charge in [0, 0.05) is 24.0 Å². The zero-order valence-electron chi connectivity index (χ0n) is 19.2. The molecule has 0 radical (unpaired) electrons. The summed E-state index contributed by atoms with van der Waals surface area (Å²) in [6.07, 6.45) is 6.39. The van der Waals surface area contributed by atoms with E-state index in [-0.39, 0.29) is 0 Å². The van der Waals surface area contributed by atoms with Gasteiger partial charge < -0.3 is 14.8 Å². The molecule has 0 bridgehead atoms. The summed E-state index contributed by atoms with van der Waals surface area (Å²) in [6.45, 7) is 5.92. The summed E-state index contributed by atoms with van der Waals surface area (Å²) >= 11 is 6.58. The Hall–Kier alpha value is -2.83. The van der Waals surface area contributed by atoms with Gasteiger partial charge in [-0.2, -0.15) is 0 Å². The molecule has 0 amide bonds. The zero-order chi connectivity index (χ0) is 22.8. The average Bonchev–Trinajstić information content (AvgIpc) is 3.34. The van der Waals surface area contributed by atoms with E-state index in [9.17, 15) is 0 Å². The molecule has 7 heteroatoms. The molecule has 1 aromatic heterocycles. The van der Waals surface area contributed by atoms with Crippen LogP contribution in [0, 0.1) is 6.92 Å². The highest BCUT2D eigenvalue weighted by atomic mass is 35.5. The minimum Gasteiger partial charge on any atom is -0.497 e. The summed E-state index contributed by atoms with van der Waals surface area (Å²) in [5, 5.41) is 3.91. The number of aryl methyl sites for hydroxylation is 3. The lowest BCUT2D eigenvalue weighted by molar-refractivity contribution is 0.237. The van der Waals surface area contributed by atoms with Crippen molar-refractivity contribution in [2.45, 2.75) is 32.6 Å². The predicted molar refractivity (Wildman–Crippen MR) is 132 cm³/mol. The first-order chi connectivity index (χ1) is 16.1. The normalized spacial score (nSPS) is 15.1. The number of ether oxygens (including phenoxy) is 2. The Morgan fingerprint density at radius 2 is 1.91 bits per heavy atom. The SMILES string of the molecule is COc1ccc2c(c1)-c1nc(Nc3cc(C)c(OCCN4CCCC4)c(Cl)c3)ncc1CC2. The van der Waals surface area contributed by atoms with Crippen LogP contribution in [0.2, 0.25) is 5.02 Å². The van der Waals surface area contributed by atoms with E-state index < -0.39 is 0 Å². The van der Waals surface area contributed by atoms with Gasteiger partial charge in [0.15, 0.2) is 0 Å². The van der Waals surface area contributed by atoms with Crippen LogP contribution < -0.4 is 14.8 Å². The van der Waals surface area contributed by atoms with E-state index in [1.807, 2.05) is 31.3 Å². The Labute approximate surface area is 199 Å². The van der Waals surface area contributed by atoms with Gasteiger partial charge in [0.05, 0.1) is 17.8 Å². The Bertz CT molecular complexity index is 1140. The second-order valence-corrected chi connectivity index (χ2v) is 9.12. The number of hydrogen-bond donors (Lipinski definition) is 1. The Balaban J connectivity index is 1.33. The Morgan fingerprint density at radius 1 is 1.09 bits per heavy atom. The molecular weight excluding hydrogens is 436 g/mol. The molecule has 1 fully saturated rings. The molecule has 2 aliphatic rings.